The first-order valence-electron chi connectivity index (χ1n) is 6.64. The van der Waals surface area contributed by atoms with Crippen LogP contribution in [-0.4, -0.2) is 16.5 Å². The highest BCUT2D eigenvalue weighted by Crippen LogP contribution is 2.24. The molecule has 0 saturated heterocycles. The predicted molar refractivity (Wildman–Crippen MR) is 80.3 cm³/mol. The van der Waals surface area contributed by atoms with Gasteiger partial charge in [-0.15, -0.1) is 0 Å². The van der Waals surface area contributed by atoms with Gasteiger partial charge in [0.15, 0.2) is 0 Å². The monoisotopic (exact) mass is 291 g/mol. The van der Waals surface area contributed by atoms with E-state index in [-0.39, 0.29) is 0 Å². The number of aryl methyl sites for hydroxylation is 1. The Labute approximate surface area is 124 Å². The van der Waals surface area contributed by atoms with E-state index in [1.54, 1.807) is 12.4 Å². The summed E-state index contributed by atoms with van der Waals surface area (Å²) in [5.41, 5.74) is 1.87. The topological polar surface area (TPSA) is 47.0 Å². The summed E-state index contributed by atoms with van der Waals surface area (Å²) >= 11 is 5.97. The third-order valence-corrected chi connectivity index (χ3v) is 3.19. The molecule has 5 heteroatoms. The molecule has 0 fully saturated rings. The van der Waals surface area contributed by atoms with Gasteiger partial charge in [-0.25, -0.2) is 4.98 Å². The van der Waals surface area contributed by atoms with Crippen LogP contribution in [0.2, 0.25) is 5.02 Å². The van der Waals surface area contributed by atoms with E-state index in [1.807, 2.05) is 25.1 Å². The second-order valence-corrected chi connectivity index (χ2v) is 4.94. The molecule has 106 valence electrons. The van der Waals surface area contributed by atoms with Gasteiger partial charge < -0.3 is 10.1 Å². The van der Waals surface area contributed by atoms with Crippen LogP contribution in [0, 0.1) is 6.92 Å². The summed E-state index contributed by atoms with van der Waals surface area (Å²) < 4.78 is 5.64. The van der Waals surface area contributed by atoms with Gasteiger partial charge in [0.1, 0.15) is 5.75 Å². The molecule has 2 aromatic rings. The Morgan fingerprint density at radius 3 is 2.75 bits per heavy atom. The van der Waals surface area contributed by atoms with Crippen molar-refractivity contribution in [3.8, 4) is 11.6 Å². The van der Waals surface area contributed by atoms with E-state index >= 15 is 0 Å². The van der Waals surface area contributed by atoms with Crippen molar-refractivity contribution >= 4 is 11.6 Å². The first-order chi connectivity index (χ1) is 9.69. The van der Waals surface area contributed by atoms with Crippen molar-refractivity contribution < 1.29 is 4.74 Å². The van der Waals surface area contributed by atoms with Gasteiger partial charge in [-0.2, -0.15) is 0 Å². The Morgan fingerprint density at radius 1 is 1.25 bits per heavy atom. The molecule has 0 unspecified atom stereocenters. The number of rotatable bonds is 6. The zero-order chi connectivity index (χ0) is 14.4. The fraction of sp³-hybridized carbons (Fsp3) is 0.333. The van der Waals surface area contributed by atoms with Crippen LogP contribution in [-0.2, 0) is 6.54 Å². The molecule has 0 amide bonds. The molecular formula is C15H18ClN3O. The maximum atomic E-state index is 5.97. The van der Waals surface area contributed by atoms with Crippen molar-refractivity contribution in [1.82, 2.24) is 15.3 Å². The van der Waals surface area contributed by atoms with Crippen LogP contribution < -0.4 is 10.1 Å². The minimum Gasteiger partial charge on any atom is -0.437 e. The summed E-state index contributed by atoms with van der Waals surface area (Å²) in [6.07, 6.45) is 4.46. The molecule has 0 aliphatic carbocycles. The van der Waals surface area contributed by atoms with Gasteiger partial charge in [0.25, 0.3) is 0 Å². The first kappa shape index (κ1) is 14.8. The quantitative estimate of drug-likeness (QED) is 0.824. The van der Waals surface area contributed by atoms with E-state index in [0.717, 1.165) is 35.8 Å². The summed E-state index contributed by atoms with van der Waals surface area (Å²) in [6.45, 7) is 5.76. The lowest BCUT2D eigenvalue weighted by Gasteiger charge is -2.07. The van der Waals surface area contributed by atoms with Gasteiger partial charge in [0, 0.05) is 11.6 Å². The minimum absolute atomic E-state index is 0.478. The Hall–Kier alpha value is -1.65. The molecule has 20 heavy (non-hydrogen) atoms. The van der Waals surface area contributed by atoms with E-state index in [2.05, 4.69) is 22.2 Å². The number of hydrogen-bond donors (Lipinski definition) is 1. The average molecular weight is 292 g/mol. The van der Waals surface area contributed by atoms with Crippen molar-refractivity contribution in [2.45, 2.75) is 26.8 Å². The lowest BCUT2D eigenvalue weighted by Crippen LogP contribution is -2.14. The van der Waals surface area contributed by atoms with Gasteiger partial charge in [-0.3, -0.25) is 4.98 Å². The largest absolute Gasteiger partial charge is 0.437 e. The van der Waals surface area contributed by atoms with E-state index in [4.69, 9.17) is 16.3 Å². The molecule has 0 atom stereocenters. The van der Waals surface area contributed by atoms with Crippen LogP contribution in [0.3, 0.4) is 0 Å². The van der Waals surface area contributed by atoms with Crippen LogP contribution in [0.5, 0.6) is 11.6 Å². The van der Waals surface area contributed by atoms with E-state index < -0.39 is 0 Å². The molecule has 1 heterocycles. The van der Waals surface area contributed by atoms with Crippen molar-refractivity contribution in [1.29, 1.82) is 0 Å². The fourth-order valence-electron chi connectivity index (χ4n) is 1.68. The molecule has 1 aromatic heterocycles. The van der Waals surface area contributed by atoms with Crippen molar-refractivity contribution in [3.05, 3.63) is 46.9 Å². The van der Waals surface area contributed by atoms with Crippen LogP contribution in [0.1, 0.15) is 24.6 Å². The highest BCUT2D eigenvalue weighted by molar-refractivity contribution is 6.31. The summed E-state index contributed by atoms with van der Waals surface area (Å²) in [7, 11) is 0. The molecule has 1 aromatic carbocycles. The SMILES string of the molecule is CCCNCc1cnc(Oc2ccc(Cl)c(C)c2)cn1. The molecular weight excluding hydrogens is 274 g/mol. The normalized spacial score (nSPS) is 10.6. The molecule has 2 rings (SSSR count). The lowest BCUT2D eigenvalue weighted by molar-refractivity contribution is 0.458. The maximum absolute atomic E-state index is 5.97. The van der Waals surface area contributed by atoms with Gasteiger partial charge in [-0.1, -0.05) is 18.5 Å². The first-order valence-corrected chi connectivity index (χ1v) is 7.02. The molecule has 1 N–H and O–H groups in total. The van der Waals surface area contributed by atoms with Gasteiger partial charge in [0.2, 0.25) is 5.88 Å². The third-order valence-electron chi connectivity index (χ3n) is 2.77. The number of benzene rings is 1. The number of ether oxygens (including phenoxy) is 1. The Bertz CT molecular complexity index is 558. The van der Waals surface area contributed by atoms with Crippen LogP contribution in [0.15, 0.2) is 30.6 Å². The van der Waals surface area contributed by atoms with E-state index in [1.165, 1.54) is 0 Å². The van der Waals surface area contributed by atoms with Crippen LogP contribution >= 0.6 is 11.6 Å². The van der Waals surface area contributed by atoms with Crippen LogP contribution in [0.4, 0.5) is 0 Å². The van der Waals surface area contributed by atoms with Gasteiger partial charge >= 0.3 is 0 Å². The van der Waals surface area contributed by atoms with E-state index in [9.17, 15) is 0 Å². The molecule has 0 spiro atoms. The Balaban J connectivity index is 1.97. The van der Waals surface area contributed by atoms with E-state index in [0.29, 0.717) is 11.6 Å². The number of nitrogens with zero attached hydrogens (tertiary/aromatic N) is 2. The summed E-state index contributed by atoms with van der Waals surface area (Å²) in [6, 6.07) is 5.50. The van der Waals surface area contributed by atoms with Gasteiger partial charge in [-0.05, 0) is 43.7 Å². The molecule has 0 saturated carbocycles. The molecule has 0 bridgehead atoms. The summed E-state index contributed by atoms with van der Waals surface area (Å²) in [5.74, 6) is 1.18. The zero-order valence-corrected chi connectivity index (χ0v) is 12.4. The Morgan fingerprint density at radius 2 is 2.10 bits per heavy atom. The number of aromatic nitrogens is 2. The third kappa shape index (κ3) is 4.18. The number of halogens is 1. The van der Waals surface area contributed by atoms with Crippen LogP contribution in [0.25, 0.3) is 0 Å². The highest BCUT2D eigenvalue weighted by atomic mass is 35.5. The number of hydrogen-bond acceptors (Lipinski definition) is 4. The van der Waals surface area contributed by atoms with Gasteiger partial charge in [0.05, 0.1) is 18.1 Å². The minimum atomic E-state index is 0.478. The molecule has 0 radical (unpaired) electrons. The average Bonchev–Trinajstić information content (AvgIpc) is 2.45. The second-order valence-electron chi connectivity index (χ2n) is 4.54. The summed E-state index contributed by atoms with van der Waals surface area (Å²) in [4.78, 5) is 8.56. The standard InChI is InChI=1S/C15H18ClN3O/c1-3-6-17-8-12-9-19-15(10-18-12)20-13-4-5-14(16)11(2)7-13/h4-5,7,9-10,17H,3,6,8H2,1-2H3. The lowest BCUT2D eigenvalue weighted by atomic mass is 10.2. The van der Waals surface area contributed by atoms with Crippen molar-refractivity contribution in [2.75, 3.05) is 6.54 Å². The molecule has 0 aliphatic rings. The predicted octanol–water partition coefficient (Wildman–Crippen LogP) is 3.73. The smallest absolute Gasteiger partial charge is 0.237 e. The molecule has 0 aliphatic heterocycles. The second kappa shape index (κ2) is 7.22. The molecule has 4 nitrogen and oxygen atoms in total. The van der Waals surface area contributed by atoms with Crippen molar-refractivity contribution in [2.24, 2.45) is 0 Å². The maximum Gasteiger partial charge on any atom is 0.237 e. The number of nitrogens with one attached hydrogen (secondary N) is 1. The highest BCUT2D eigenvalue weighted by Gasteiger charge is 2.02. The summed E-state index contributed by atoms with van der Waals surface area (Å²) in [5, 5.41) is 4.00. The Kier molecular flexibility index (Phi) is 5.32. The zero-order valence-electron chi connectivity index (χ0n) is 11.7. The fourth-order valence-corrected chi connectivity index (χ4v) is 1.80. The van der Waals surface area contributed by atoms with Crippen molar-refractivity contribution in [3.63, 3.8) is 0 Å².